The van der Waals surface area contributed by atoms with Gasteiger partial charge in [0.2, 0.25) is 0 Å². The smallest absolute Gasteiger partial charge is 0.348 e. The van der Waals surface area contributed by atoms with Crippen molar-refractivity contribution in [3.63, 3.8) is 0 Å². The summed E-state index contributed by atoms with van der Waals surface area (Å²) in [5, 5.41) is 0. The Morgan fingerprint density at radius 1 is 1.09 bits per heavy atom. The van der Waals surface area contributed by atoms with Crippen LogP contribution in [0, 0.1) is 0 Å². The van der Waals surface area contributed by atoms with E-state index in [0.29, 0.717) is 12.2 Å². The third kappa shape index (κ3) is 4.10. The minimum absolute atomic E-state index is 0.112. The van der Waals surface area contributed by atoms with E-state index < -0.39 is 17.7 Å². The number of cyclic esters (lactones) is 2. The van der Waals surface area contributed by atoms with Gasteiger partial charge in [-0.25, -0.2) is 9.59 Å². The Morgan fingerprint density at radius 3 is 2.23 bits per heavy atom. The Hall–Kier alpha value is -2.30. The van der Waals surface area contributed by atoms with Gasteiger partial charge in [-0.3, -0.25) is 0 Å². The van der Waals surface area contributed by atoms with Crippen LogP contribution < -0.4 is 4.74 Å². The van der Waals surface area contributed by atoms with Gasteiger partial charge in [0.25, 0.3) is 5.79 Å². The van der Waals surface area contributed by atoms with Gasteiger partial charge in [0.15, 0.2) is 0 Å². The molecule has 1 heterocycles. The highest BCUT2D eigenvalue weighted by Gasteiger charge is 2.38. The fourth-order valence-electron chi connectivity index (χ4n) is 1.94. The molecular formula is C17H20O5. The van der Waals surface area contributed by atoms with Crippen molar-refractivity contribution >= 4 is 18.0 Å². The molecule has 5 nitrogen and oxygen atoms in total. The number of carbonyl (C=O) groups excluding carboxylic acids is 2. The van der Waals surface area contributed by atoms with E-state index >= 15 is 0 Å². The van der Waals surface area contributed by atoms with E-state index in [1.807, 2.05) is 0 Å². The molecule has 1 saturated heterocycles. The Morgan fingerprint density at radius 2 is 1.68 bits per heavy atom. The minimum Gasteiger partial charge on any atom is -0.494 e. The minimum atomic E-state index is -1.22. The first kappa shape index (κ1) is 16.1. The number of ether oxygens (including phenoxy) is 3. The molecule has 1 aliphatic rings. The normalized spacial score (nSPS) is 16.8. The zero-order valence-corrected chi connectivity index (χ0v) is 13.0. The summed E-state index contributed by atoms with van der Waals surface area (Å²) in [6.07, 6.45) is 3.53. The van der Waals surface area contributed by atoms with E-state index in [4.69, 9.17) is 14.2 Å². The molecule has 0 spiro atoms. The fourth-order valence-corrected chi connectivity index (χ4v) is 1.94. The molecule has 118 valence electrons. The summed E-state index contributed by atoms with van der Waals surface area (Å²) in [6.45, 7) is 5.80. The van der Waals surface area contributed by atoms with Crippen LogP contribution in [0.1, 0.15) is 39.2 Å². The maximum atomic E-state index is 11.8. The van der Waals surface area contributed by atoms with Crippen LogP contribution >= 0.6 is 0 Å². The van der Waals surface area contributed by atoms with Gasteiger partial charge in [0.1, 0.15) is 11.3 Å². The summed E-state index contributed by atoms with van der Waals surface area (Å²) in [4.78, 5) is 23.7. The van der Waals surface area contributed by atoms with Crippen molar-refractivity contribution in [1.82, 2.24) is 0 Å². The van der Waals surface area contributed by atoms with Gasteiger partial charge < -0.3 is 14.2 Å². The Bertz CT molecular complexity index is 562. The third-order valence-electron chi connectivity index (χ3n) is 3.07. The Labute approximate surface area is 129 Å². The fraction of sp³-hybridized carbons (Fsp3) is 0.412. The molecule has 22 heavy (non-hydrogen) atoms. The molecule has 1 fully saturated rings. The van der Waals surface area contributed by atoms with Gasteiger partial charge in [-0.05, 0) is 30.2 Å². The van der Waals surface area contributed by atoms with E-state index in [9.17, 15) is 9.59 Å². The second kappa shape index (κ2) is 6.64. The van der Waals surface area contributed by atoms with Crippen LogP contribution in [0.25, 0.3) is 6.08 Å². The predicted molar refractivity (Wildman–Crippen MR) is 81.1 cm³/mol. The van der Waals surface area contributed by atoms with E-state index in [2.05, 4.69) is 6.92 Å². The van der Waals surface area contributed by atoms with Crippen molar-refractivity contribution in [3.05, 3.63) is 35.4 Å². The molecule has 0 radical (unpaired) electrons. The van der Waals surface area contributed by atoms with Crippen molar-refractivity contribution < 1.29 is 23.8 Å². The number of carbonyl (C=O) groups is 2. The predicted octanol–water partition coefficient (Wildman–Crippen LogP) is 3.09. The van der Waals surface area contributed by atoms with Gasteiger partial charge in [-0.15, -0.1) is 0 Å². The zero-order chi connectivity index (χ0) is 16.2. The first-order valence-electron chi connectivity index (χ1n) is 7.32. The van der Waals surface area contributed by atoms with Crippen LogP contribution in [-0.4, -0.2) is 24.3 Å². The average Bonchev–Trinajstić information content (AvgIpc) is 2.44. The van der Waals surface area contributed by atoms with Crippen molar-refractivity contribution in [1.29, 1.82) is 0 Å². The molecule has 1 aromatic carbocycles. The van der Waals surface area contributed by atoms with Gasteiger partial charge in [0, 0.05) is 13.8 Å². The number of rotatable bonds is 5. The molecule has 0 aromatic heterocycles. The van der Waals surface area contributed by atoms with Gasteiger partial charge in [0.05, 0.1) is 6.61 Å². The van der Waals surface area contributed by atoms with Crippen molar-refractivity contribution in [2.24, 2.45) is 0 Å². The lowest BCUT2D eigenvalue weighted by Gasteiger charge is -2.29. The highest BCUT2D eigenvalue weighted by atomic mass is 16.7. The summed E-state index contributed by atoms with van der Waals surface area (Å²) in [5.41, 5.74) is 0.588. The topological polar surface area (TPSA) is 61.8 Å². The van der Waals surface area contributed by atoms with Crippen LogP contribution in [0.4, 0.5) is 0 Å². The van der Waals surface area contributed by atoms with E-state index in [-0.39, 0.29) is 5.57 Å². The molecular weight excluding hydrogens is 284 g/mol. The summed E-state index contributed by atoms with van der Waals surface area (Å²) in [5.74, 6) is -1.82. The second-order valence-corrected chi connectivity index (χ2v) is 5.51. The average molecular weight is 304 g/mol. The zero-order valence-electron chi connectivity index (χ0n) is 13.0. The van der Waals surface area contributed by atoms with Crippen molar-refractivity contribution in [3.8, 4) is 5.75 Å². The number of unbranched alkanes of at least 4 members (excludes halogenated alkanes) is 1. The van der Waals surface area contributed by atoms with Crippen LogP contribution in [0.5, 0.6) is 5.75 Å². The summed E-state index contributed by atoms with van der Waals surface area (Å²) in [7, 11) is 0. The Balaban J connectivity index is 2.09. The number of benzene rings is 1. The van der Waals surface area contributed by atoms with Crippen molar-refractivity contribution in [2.75, 3.05) is 6.61 Å². The van der Waals surface area contributed by atoms with Crippen LogP contribution in [0.15, 0.2) is 29.8 Å². The van der Waals surface area contributed by atoms with E-state index in [0.717, 1.165) is 18.6 Å². The molecule has 0 aliphatic carbocycles. The highest BCUT2D eigenvalue weighted by Crippen LogP contribution is 2.24. The second-order valence-electron chi connectivity index (χ2n) is 5.51. The number of esters is 2. The van der Waals surface area contributed by atoms with Gasteiger partial charge in [-0.2, -0.15) is 0 Å². The molecule has 1 aliphatic heterocycles. The molecule has 0 bridgehead atoms. The summed E-state index contributed by atoms with van der Waals surface area (Å²) in [6, 6.07) is 7.14. The highest BCUT2D eigenvalue weighted by molar-refractivity contribution is 6.18. The monoisotopic (exact) mass is 304 g/mol. The van der Waals surface area contributed by atoms with Crippen molar-refractivity contribution in [2.45, 2.75) is 39.4 Å². The lowest BCUT2D eigenvalue weighted by atomic mass is 10.1. The number of hydrogen-bond acceptors (Lipinski definition) is 5. The van der Waals surface area contributed by atoms with Crippen LogP contribution in [-0.2, 0) is 19.1 Å². The van der Waals surface area contributed by atoms with Crippen LogP contribution in [0.3, 0.4) is 0 Å². The third-order valence-corrected chi connectivity index (χ3v) is 3.07. The quantitative estimate of drug-likeness (QED) is 0.362. The largest absolute Gasteiger partial charge is 0.494 e. The van der Waals surface area contributed by atoms with E-state index in [1.165, 1.54) is 19.9 Å². The lowest BCUT2D eigenvalue weighted by molar-refractivity contribution is -0.222. The molecule has 0 atom stereocenters. The first-order valence-corrected chi connectivity index (χ1v) is 7.32. The maximum absolute atomic E-state index is 11.8. The SMILES string of the molecule is CCCCOc1ccc(C=C2C(=O)OC(C)(C)OC2=O)cc1. The summed E-state index contributed by atoms with van der Waals surface area (Å²) >= 11 is 0. The molecule has 2 rings (SSSR count). The standard InChI is InChI=1S/C17H20O5/c1-4-5-10-20-13-8-6-12(7-9-13)11-14-15(18)21-17(2,3)22-16(14)19/h6-9,11H,4-5,10H2,1-3H3. The Kier molecular flexibility index (Phi) is 4.85. The van der Waals surface area contributed by atoms with Gasteiger partial charge in [-0.1, -0.05) is 25.5 Å². The molecule has 5 heteroatoms. The summed E-state index contributed by atoms with van der Waals surface area (Å²) < 4.78 is 15.6. The van der Waals surface area contributed by atoms with Gasteiger partial charge >= 0.3 is 11.9 Å². The first-order chi connectivity index (χ1) is 10.4. The van der Waals surface area contributed by atoms with E-state index in [1.54, 1.807) is 24.3 Å². The number of hydrogen-bond donors (Lipinski definition) is 0. The van der Waals surface area contributed by atoms with Crippen LogP contribution in [0.2, 0.25) is 0 Å². The molecule has 0 amide bonds. The molecule has 1 aromatic rings. The lowest BCUT2D eigenvalue weighted by Crippen LogP contribution is -2.41. The molecule has 0 unspecified atom stereocenters. The molecule has 0 saturated carbocycles. The maximum Gasteiger partial charge on any atom is 0.348 e. The molecule has 0 N–H and O–H groups in total.